The zero-order valence-electron chi connectivity index (χ0n) is 12.8. The van der Waals surface area contributed by atoms with E-state index in [1.54, 1.807) is 4.68 Å². The lowest BCUT2D eigenvalue weighted by Gasteiger charge is -2.21. The maximum Gasteiger partial charge on any atom is 0.328 e. The third-order valence-corrected chi connectivity index (χ3v) is 4.19. The molecule has 3 rings (SSSR count). The Hall–Kier alpha value is -2.43. The minimum Gasteiger partial charge on any atom is -0.480 e. The molecule has 0 radical (unpaired) electrons. The lowest BCUT2D eigenvalue weighted by Crippen LogP contribution is -2.27. The Balaban J connectivity index is 2.10. The maximum absolute atomic E-state index is 11.6. The predicted molar refractivity (Wildman–Crippen MR) is 84.5 cm³/mol. The van der Waals surface area contributed by atoms with Gasteiger partial charge in [0.15, 0.2) is 6.04 Å². The molecule has 22 heavy (non-hydrogen) atoms. The van der Waals surface area contributed by atoms with Crippen LogP contribution < -0.4 is 0 Å². The number of hydrogen-bond acceptors (Lipinski definition) is 3. The molecule has 1 heterocycles. The molecule has 114 valence electrons. The number of hydrogen-bond donors (Lipinski definition) is 1. The maximum atomic E-state index is 11.6. The fourth-order valence-electron chi connectivity index (χ4n) is 3.08. The molecule has 1 aromatic heterocycles. The van der Waals surface area contributed by atoms with Crippen molar-refractivity contribution in [2.45, 2.75) is 32.7 Å². The molecule has 0 spiro atoms. The van der Waals surface area contributed by atoms with Crippen molar-refractivity contribution in [2.24, 2.45) is 5.92 Å². The first kappa shape index (κ1) is 14.5. The van der Waals surface area contributed by atoms with Crippen LogP contribution in [0.15, 0.2) is 24.8 Å². The van der Waals surface area contributed by atoms with Crippen molar-refractivity contribution in [1.29, 1.82) is 0 Å². The van der Waals surface area contributed by atoms with Crippen molar-refractivity contribution in [1.82, 2.24) is 15.0 Å². The van der Waals surface area contributed by atoms with E-state index in [9.17, 15) is 9.90 Å². The summed E-state index contributed by atoms with van der Waals surface area (Å²) in [5.41, 5.74) is 5.07. The number of aromatic nitrogens is 3. The molecule has 1 aliphatic rings. The highest BCUT2D eigenvalue weighted by Gasteiger charge is 2.31. The summed E-state index contributed by atoms with van der Waals surface area (Å²) in [5, 5.41) is 17.9. The number of carboxylic acids is 1. The zero-order valence-corrected chi connectivity index (χ0v) is 12.8. The summed E-state index contributed by atoms with van der Waals surface area (Å²) >= 11 is 0. The van der Waals surface area contributed by atoms with Crippen molar-refractivity contribution in [3.05, 3.63) is 41.6 Å². The Morgan fingerprint density at radius 3 is 2.82 bits per heavy atom. The van der Waals surface area contributed by atoms with Gasteiger partial charge < -0.3 is 5.11 Å². The highest BCUT2D eigenvalue weighted by Crippen LogP contribution is 2.34. The van der Waals surface area contributed by atoms with Crippen LogP contribution >= 0.6 is 0 Å². The van der Waals surface area contributed by atoms with Crippen LogP contribution in [-0.2, 0) is 17.6 Å². The molecule has 0 unspecified atom stereocenters. The average Bonchev–Trinajstić information content (AvgIpc) is 2.90. The molecule has 5 nitrogen and oxygen atoms in total. The number of fused-ring (bicyclic) bond motifs is 3. The first-order valence-electron chi connectivity index (χ1n) is 7.45. The Bertz CT molecular complexity index is 746. The summed E-state index contributed by atoms with van der Waals surface area (Å²) in [7, 11) is 0. The molecule has 1 N–H and O–H groups in total. The number of benzene rings is 1. The topological polar surface area (TPSA) is 68.0 Å². The van der Waals surface area contributed by atoms with Gasteiger partial charge in [-0.3, -0.25) is 0 Å². The van der Waals surface area contributed by atoms with E-state index in [2.05, 4.69) is 23.0 Å². The minimum absolute atomic E-state index is 0.0483. The second-order valence-corrected chi connectivity index (χ2v) is 5.98. The summed E-state index contributed by atoms with van der Waals surface area (Å²) in [6.07, 6.45) is 3.44. The molecule has 0 amide bonds. The third kappa shape index (κ3) is 2.22. The molecule has 5 heteroatoms. The molecule has 1 atom stereocenters. The summed E-state index contributed by atoms with van der Waals surface area (Å²) in [6, 6.07) is 5.46. The van der Waals surface area contributed by atoms with Gasteiger partial charge in [0.25, 0.3) is 0 Å². The lowest BCUT2D eigenvalue weighted by molar-refractivity contribution is -0.142. The van der Waals surface area contributed by atoms with Gasteiger partial charge in [-0.1, -0.05) is 49.9 Å². The Labute approximate surface area is 129 Å². The van der Waals surface area contributed by atoms with E-state index in [1.807, 2.05) is 32.1 Å². The van der Waals surface area contributed by atoms with Gasteiger partial charge in [-0.2, -0.15) is 0 Å². The number of carboxylic acid groups (broad SMARTS) is 1. The van der Waals surface area contributed by atoms with E-state index >= 15 is 0 Å². The summed E-state index contributed by atoms with van der Waals surface area (Å²) in [5.74, 6) is -0.914. The predicted octanol–water partition coefficient (Wildman–Crippen LogP) is 2.97. The molecule has 0 saturated carbocycles. The standard InChI is InChI=1S/C17H19N3O2/c1-4-11-5-7-13-12(9-11)6-8-14-15(13)18-19-20(14)16(10(2)3)17(21)22/h4-5,7,9-10,16H,1,6,8H2,2-3H3,(H,21,22)/t16-/m0/s1. The summed E-state index contributed by atoms with van der Waals surface area (Å²) in [6.45, 7) is 7.57. The van der Waals surface area contributed by atoms with Gasteiger partial charge in [0.1, 0.15) is 5.69 Å². The molecule has 1 aliphatic carbocycles. The minimum atomic E-state index is -0.865. The third-order valence-electron chi connectivity index (χ3n) is 4.19. The van der Waals surface area contributed by atoms with Crippen molar-refractivity contribution in [3.63, 3.8) is 0 Å². The smallest absolute Gasteiger partial charge is 0.328 e. The van der Waals surface area contributed by atoms with Gasteiger partial charge >= 0.3 is 5.97 Å². The first-order chi connectivity index (χ1) is 10.5. The van der Waals surface area contributed by atoms with Crippen LogP contribution in [0.1, 0.15) is 36.7 Å². The second-order valence-electron chi connectivity index (χ2n) is 5.98. The van der Waals surface area contributed by atoms with Crippen molar-refractivity contribution < 1.29 is 9.90 Å². The van der Waals surface area contributed by atoms with Gasteiger partial charge in [-0.25, -0.2) is 9.48 Å². The van der Waals surface area contributed by atoms with E-state index in [0.29, 0.717) is 0 Å². The number of aryl methyl sites for hydroxylation is 1. The van der Waals surface area contributed by atoms with Gasteiger partial charge in [0.2, 0.25) is 0 Å². The van der Waals surface area contributed by atoms with Crippen molar-refractivity contribution in [3.8, 4) is 11.3 Å². The van der Waals surface area contributed by atoms with Crippen molar-refractivity contribution >= 4 is 12.0 Å². The highest BCUT2D eigenvalue weighted by atomic mass is 16.4. The monoisotopic (exact) mass is 297 g/mol. The lowest BCUT2D eigenvalue weighted by atomic mass is 9.90. The summed E-state index contributed by atoms with van der Waals surface area (Å²) in [4.78, 5) is 11.6. The number of aliphatic carboxylic acids is 1. The first-order valence-corrected chi connectivity index (χ1v) is 7.45. The van der Waals surface area contributed by atoms with Crippen LogP contribution in [0.5, 0.6) is 0 Å². The molecular formula is C17H19N3O2. The van der Waals surface area contributed by atoms with Crippen LogP contribution in [0.25, 0.3) is 17.3 Å². The Morgan fingerprint density at radius 2 is 2.18 bits per heavy atom. The fraction of sp³-hybridized carbons (Fsp3) is 0.353. The van der Waals surface area contributed by atoms with Crippen LogP contribution in [0.4, 0.5) is 0 Å². The molecule has 0 saturated heterocycles. The number of nitrogens with zero attached hydrogens (tertiary/aromatic N) is 3. The number of rotatable bonds is 4. The van der Waals surface area contributed by atoms with Gasteiger partial charge in [-0.05, 0) is 29.9 Å². The van der Waals surface area contributed by atoms with Crippen LogP contribution in [0, 0.1) is 5.92 Å². The molecule has 0 fully saturated rings. The van der Waals surface area contributed by atoms with Crippen LogP contribution in [0.3, 0.4) is 0 Å². The second kappa shape index (κ2) is 5.40. The fourth-order valence-corrected chi connectivity index (χ4v) is 3.08. The van der Waals surface area contributed by atoms with E-state index in [0.717, 1.165) is 35.4 Å². The largest absolute Gasteiger partial charge is 0.480 e. The van der Waals surface area contributed by atoms with Crippen molar-refractivity contribution in [2.75, 3.05) is 0 Å². The Morgan fingerprint density at radius 1 is 1.41 bits per heavy atom. The zero-order chi connectivity index (χ0) is 15.9. The summed E-state index contributed by atoms with van der Waals surface area (Å²) < 4.78 is 1.59. The van der Waals surface area contributed by atoms with Crippen LogP contribution in [-0.4, -0.2) is 26.1 Å². The molecule has 2 aromatic rings. The quantitative estimate of drug-likeness (QED) is 0.942. The van der Waals surface area contributed by atoms with Crippen LogP contribution in [0.2, 0.25) is 0 Å². The van der Waals surface area contributed by atoms with E-state index < -0.39 is 12.0 Å². The van der Waals surface area contributed by atoms with E-state index in [1.165, 1.54) is 5.56 Å². The number of carbonyl (C=O) groups is 1. The van der Waals surface area contributed by atoms with Gasteiger partial charge in [0.05, 0.1) is 5.69 Å². The normalized spacial score (nSPS) is 14.3. The Kier molecular flexibility index (Phi) is 3.56. The van der Waals surface area contributed by atoms with E-state index in [4.69, 9.17) is 0 Å². The average molecular weight is 297 g/mol. The van der Waals surface area contributed by atoms with Gasteiger partial charge in [0, 0.05) is 5.56 Å². The van der Waals surface area contributed by atoms with Gasteiger partial charge in [-0.15, -0.1) is 5.10 Å². The molecular weight excluding hydrogens is 278 g/mol. The molecule has 1 aromatic carbocycles. The molecule has 0 bridgehead atoms. The SMILES string of the molecule is C=Cc1ccc2c(c1)CCc1c-2nnn1[C@H](C(=O)O)C(C)C. The highest BCUT2D eigenvalue weighted by molar-refractivity contribution is 5.74. The molecule has 0 aliphatic heterocycles. The van der Waals surface area contributed by atoms with E-state index in [-0.39, 0.29) is 5.92 Å².